The number of nitro groups is 1. The van der Waals surface area contributed by atoms with E-state index in [1.165, 1.54) is 34.7 Å². The molecule has 2 N–H and O–H groups in total. The van der Waals surface area contributed by atoms with E-state index in [1.54, 1.807) is 19.9 Å². The van der Waals surface area contributed by atoms with E-state index >= 15 is 0 Å². The average molecular weight is 558 g/mol. The molecule has 0 saturated heterocycles. The topological polar surface area (TPSA) is 162 Å². The van der Waals surface area contributed by atoms with Crippen LogP contribution in [0.1, 0.15) is 50.9 Å². The first-order chi connectivity index (χ1) is 19.5. The molecule has 0 aliphatic heterocycles. The Kier molecular flexibility index (Phi) is 8.35. The van der Waals surface area contributed by atoms with Gasteiger partial charge in [0, 0.05) is 37.6 Å². The van der Waals surface area contributed by atoms with Crippen molar-refractivity contribution in [3.05, 3.63) is 86.1 Å². The highest BCUT2D eigenvalue weighted by Crippen LogP contribution is 2.48. The van der Waals surface area contributed by atoms with Crippen LogP contribution in [0.5, 0.6) is 11.6 Å². The highest BCUT2D eigenvalue weighted by atomic mass is 16.7. The number of non-ortho nitro benzene ring substituents is 1. The number of pyridine rings is 1. The lowest BCUT2D eigenvalue weighted by Crippen LogP contribution is -2.47. The number of benzene rings is 1. The first-order valence-corrected chi connectivity index (χ1v) is 13.3. The maximum atomic E-state index is 12.7. The van der Waals surface area contributed by atoms with Gasteiger partial charge in [-0.1, -0.05) is 17.7 Å². The second-order valence-corrected chi connectivity index (χ2v) is 9.98. The van der Waals surface area contributed by atoms with Gasteiger partial charge in [-0.05, 0) is 69.0 Å². The fourth-order valence-corrected chi connectivity index (χ4v) is 5.61. The lowest BCUT2D eigenvalue weighted by Gasteiger charge is -2.45. The molecule has 1 heterocycles. The van der Waals surface area contributed by atoms with E-state index in [-0.39, 0.29) is 28.7 Å². The van der Waals surface area contributed by atoms with E-state index in [9.17, 15) is 25.0 Å². The van der Waals surface area contributed by atoms with E-state index in [2.05, 4.69) is 24.1 Å². The minimum atomic E-state index is -1.16. The Hall–Kier alpha value is -4.82. The van der Waals surface area contributed by atoms with Crippen molar-refractivity contribution in [3.8, 4) is 17.7 Å². The molecular weight excluding hydrogens is 526 g/mol. The Morgan fingerprint density at radius 3 is 2.63 bits per heavy atom. The van der Waals surface area contributed by atoms with Gasteiger partial charge in [-0.25, -0.2) is 9.78 Å². The summed E-state index contributed by atoms with van der Waals surface area (Å²) < 4.78 is 10.6. The summed E-state index contributed by atoms with van der Waals surface area (Å²) in [6.45, 7) is 8.36. The van der Waals surface area contributed by atoms with Gasteiger partial charge in [-0.3, -0.25) is 14.9 Å². The third kappa shape index (κ3) is 5.88. The molecule has 11 nitrogen and oxygen atoms in total. The SMILES string of the molecule is CC=C1[C@@H]2C=C(C)CC1(N)c1ccc(OC(=O)Oc3cc(C=C(C#N)C(=O)N(CC)CC)cc([N+](=O)[O-])c3)nc1C2. The van der Waals surface area contributed by atoms with Crippen LogP contribution in [0, 0.1) is 27.4 Å². The molecular formula is C30H31N5O6. The maximum Gasteiger partial charge on any atom is 0.520 e. The number of fused-ring (bicyclic) bond motifs is 4. The zero-order valence-corrected chi connectivity index (χ0v) is 23.3. The summed E-state index contributed by atoms with van der Waals surface area (Å²) in [7, 11) is 0. The molecule has 0 fully saturated rings. The lowest BCUT2D eigenvalue weighted by atomic mass is 9.63. The summed E-state index contributed by atoms with van der Waals surface area (Å²) in [5.41, 5.74) is 9.66. The molecule has 2 aliphatic carbocycles. The average Bonchev–Trinajstić information content (AvgIpc) is 2.91. The predicted molar refractivity (Wildman–Crippen MR) is 151 cm³/mol. The second-order valence-electron chi connectivity index (χ2n) is 9.98. The number of rotatable bonds is 7. The largest absolute Gasteiger partial charge is 0.520 e. The van der Waals surface area contributed by atoms with Crippen LogP contribution in [0.3, 0.4) is 0 Å². The van der Waals surface area contributed by atoms with Gasteiger partial charge in [0.05, 0.1) is 22.2 Å². The number of aromatic nitrogens is 1. The Morgan fingerprint density at radius 1 is 1.27 bits per heavy atom. The molecule has 1 unspecified atom stereocenters. The van der Waals surface area contributed by atoms with Crippen LogP contribution in [0.15, 0.2) is 59.2 Å². The van der Waals surface area contributed by atoms with Crippen LogP contribution in [0.25, 0.3) is 6.08 Å². The van der Waals surface area contributed by atoms with Gasteiger partial charge in [0.15, 0.2) is 0 Å². The van der Waals surface area contributed by atoms with Crippen LogP contribution in [0.4, 0.5) is 10.5 Å². The molecule has 4 rings (SSSR count). The highest BCUT2D eigenvalue weighted by molar-refractivity contribution is 6.01. The van der Waals surface area contributed by atoms with Gasteiger partial charge >= 0.3 is 6.16 Å². The lowest BCUT2D eigenvalue weighted by molar-refractivity contribution is -0.384. The zero-order valence-electron chi connectivity index (χ0n) is 23.3. The molecule has 2 aromatic rings. The van der Waals surface area contributed by atoms with Gasteiger partial charge in [0.1, 0.15) is 17.4 Å². The summed E-state index contributed by atoms with van der Waals surface area (Å²) in [5, 5.41) is 21.1. The molecule has 0 radical (unpaired) electrons. The molecule has 41 heavy (non-hydrogen) atoms. The molecule has 0 saturated carbocycles. The molecule has 1 aromatic heterocycles. The highest BCUT2D eigenvalue weighted by Gasteiger charge is 2.44. The number of ether oxygens (including phenoxy) is 2. The van der Waals surface area contributed by atoms with Crippen LogP contribution in [-0.4, -0.2) is 40.0 Å². The van der Waals surface area contributed by atoms with E-state index < -0.39 is 28.2 Å². The summed E-state index contributed by atoms with van der Waals surface area (Å²) in [6.07, 6.45) is 5.57. The number of allylic oxidation sites excluding steroid dienone is 2. The van der Waals surface area contributed by atoms with E-state index in [4.69, 9.17) is 15.2 Å². The van der Waals surface area contributed by atoms with Gasteiger partial charge in [0.2, 0.25) is 5.88 Å². The Labute approximate surface area is 237 Å². The molecule has 2 atom stereocenters. The fraction of sp³-hybridized carbons (Fsp3) is 0.333. The first kappa shape index (κ1) is 29.2. The van der Waals surface area contributed by atoms with Crippen molar-refractivity contribution in [2.45, 2.75) is 46.1 Å². The van der Waals surface area contributed by atoms with Crippen molar-refractivity contribution in [3.63, 3.8) is 0 Å². The number of carbonyl (C=O) groups is 2. The van der Waals surface area contributed by atoms with Crippen molar-refractivity contribution >= 4 is 23.8 Å². The number of hydrogen-bond acceptors (Lipinski definition) is 9. The van der Waals surface area contributed by atoms with Crippen LogP contribution < -0.4 is 15.2 Å². The number of nitrogens with zero attached hydrogens (tertiary/aromatic N) is 4. The van der Waals surface area contributed by atoms with Crippen molar-refractivity contribution in [1.82, 2.24) is 9.88 Å². The molecule has 212 valence electrons. The number of nitriles is 1. The molecule has 0 spiro atoms. The third-order valence-corrected chi connectivity index (χ3v) is 7.34. The Balaban J connectivity index is 1.57. The van der Waals surface area contributed by atoms with Crippen molar-refractivity contribution in [2.75, 3.05) is 13.1 Å². The normalized spacial score (nSPS) is 20.4. The quantitative estimate of drug-likeness (QED) is 0.0942. The zero-order chi connectivity index (χ0) is 29.9. The molecule has 1 amide bonds. The minimum Gasteiger partial charge on any atom is -0.394 e. The van der Waals surface area contributed by atoms with Gasteiger partial charge in [0.25, 0.3) is 11.6 Å². The van der Waals surface area contributed by atoms with E-state index in [0.29, 0.717) is 25.9 Å². The van der Waals surface area contributed by atoms with Crippen LogP contribution >= 0.6 is 0 Å². The molecule has 1 aromatic carbocycles. The standard InChI is InChI=1S/C30H31N5O6/c1-5-24-20-10-18(4)16-30(24,32)25-8-9-27(33-26(25)14-20)41-29(37)40-23-13-19(12-22(15-23)35(38)39)11-21(17-31)28(36)34(6-2)7-3/h5,8-13,15,20H,6-7,14,16,32H2,1-4H3/t20-,30?/m1/s1. The van der Waals surface area contributed by atoms with Crippen LogP contribution in [0.2, 0.25) is 0 Å². The summed E-state index contributed by atoms with van der Waals surface area (Å²) >= 11 is 0. The van der Waals surface area contributed by atoms with Gasteiger partial charge in [-0.15, -0.1) is 0 Å². The number of carbonyl (C=O) groups excluding carboxylic acids is 2. The number of nitrogens with two attached hydrogens (primary N) is 1. The monoisotopic (exact) mass is 557 g/mol. The third-order valence-electron chi connectivity index (χ3n) is 7.34. The Morgan fingerprint density at radius 2 is 2.00 bits per heavy atom. The fourth-order valence-electron chi connectivity index (χ4n) is 5.61. The van der Waals surface area contributed by atoms with Gasteiger partial charge in [-0.2, -0.15) is 5.26 Å². The molecule has 11 heteroatoms. The Bertz CT molecular complexity index is 1550. The summed E-state index contributed by atoms with van der Waals surface area (Å²) in [4.78, 5) is 42.1. The summed E-state index contributed by atoms with van der Waals surface area (Å²) in [6, 6.07) is 8.69. The van der Waals surface area contributed by atoms with Crippen molar-refractivity contribution < 1.29 is 24.0 Å². The molecule has 2 aliphatic rings. The smallest absolute Gasteiger partial charge is 0.394 e. The number of amides is 1. The van der Waals surface area contributed by atoms with E-state index in [1.807, 2.05) is 13.0 Å². The predicted octanol–water partition coefficient (Wildman–Crippen LogP) is 4.97. The van der Waals surface area contributed by atoms with Crippen molar-refractivity contribution in [2.24, 2.45) is 11.7 Å². The van der Waals surface area contributed by atoms with E-state index in [0.717, 1.165) is 22.9 Å². The molecule has 2 bridgehead atoms. The minimum absolute atomic E-state index is 0.00203. The summed E-state index contributed by atoms with van der Waals surface area (Å²) in [5.74, 6) is -0.610. The van der Waals surface area contributed by atoms with Crippen LogP contribution in [-0.2, 0) is 16.8 Å². The van der Waals surface area contributed by atoms with Crippen molar-refractivity contribution in [1.29, 1.82) is 5.26 Å². The second kappa shape index (κ2) is 11.7. The maximum absolute atomic E-state index is 12.7. The number of hydrogen-bond donors (Lipinski definition) is 1. The first-order valence-electron chi connectivity index (χ1n) is 13.3. The number of nitro benzene ring substituents is 1. The number of likely N-dealkylation sites (N-methyl/N-ethyl adjacent to an activating group) is 1. The van der Waals surface area contributed by atoms with Gasteiger partial charge < -0.3 is 20.1 Å².